The van der Waals surface area contributed by atoms with Gasteiger partial charge in [-0.05, 0) is 23.8 Å². The van der Waals surface area contributed by atoms with Crippen LogP contribution in [-0.4, -0.2) is 29.9 Å². The summed E-state index contributed by atoms with van der Waals surface area (Å²) in [6.45, 7) is 0.572. The van der Waals surface area contributed by atoms with Crippen molar-refractivity contribution in [1.82, 2.24) is 29.9 Å². The molecule has 0 saturated heterocycles. The second-order valence-electron chi connectivity index (χ2n) is 6.05. The maximum absolute atomic E-state index is 5.93. The van der Waals surface area contributed by atoms with Gasteiger partial charge in [0.15, 0.2) is 0 Å². The number of para-hydroxylation sites is 1. The minimum atomic E-state index is 0.395. The Morgan fingerprint density at radius 1 is 0.852 bits per heavy atom. The van der Waals surface area contributed by atoms with Crippen molar-refractivity contribution in [2.45, 2.75) is 6.54 Å². The molecule has 7 heteroatoms. The number of nitrogens with zero attached hydrogens (tertiary/aromatic N) is 6. The van der Waals surface area contributed by atoms with Gasteiger partial charge in [-0.1, -0.05) is 42.5 Å². The Morgan fingerprint density at radius 3 is 2.63 bits per heavy atom. The van der Waals surface area contributed by atoms with Crippen molar-refractivity contribution in [2.24, 2.45) is 0 Å². The third kappa shape index (κ3) is 2.95. The van der Waals surface area contributed by atoms with Gasteiger partial charge in [0.1, 0.15) is 18.3 Å². The van der Waals surface area contributed by atoms with Gasteiger partial charge < -0.3 is 4.42 Å². The molecule has 0 aliphatic rings. The molecular formula is C20H14N6O. The smallest absolute Gasteiger partial charge is 0.266 e. The summed E-state index contributed by atoms with van der Waals surface area (Å²) in [6, 6.07) is 19.7. The quantitative estimate of drug-likeness (QED) is 0.490. The third-order valence-corrected chi connectivity index (χ3v) is 4.29. The van der Waals surface area contributed by atoms with Crippen LogP contribution in [0.5, 0.6) is 0 Å². The maximum atomic E-state index is 5.93. The topological polar surface area (TPSA) is 82.5 Å². The van der Waals surface area contributed by atoms with Crippen LogP contribution in [0, 0.1) is 0 Å². The summed E-state index contributed by atoms with van der Waals surface area (Å²) in [7, 11) is 0. The highest BCUT2D eigenvalue weighted by molar-refractivity contribution is 5.80. The molecule has 0 aliphatic heterocycles. The van der Waals surface area contributed by atoms with Crippen molar-refractivity contribution in [3.05, 3.63) is 78.9 Å². The molecule has 0 amide bonds. The van der Waals surface area contributed by atoms with Gasteiger partial charge in [0.2, 0.25) is 5.89 Å². The standard InChI is InChI=1S/C20H14N6O/c1-3-7-16(15(6-1)11-26-13-21-12-22-26)19-24-25-20(27-19)18-10-9-14-5-2-4-8-17(14)23-18/h1-10,12-13H,11H2. The molecule has 0 unspecified atom stereocenters. The predicted molar refractivity (Wildman–Crippen MR) is 99.6 cm³/mol. The summed E-state index contributed by atoms with van der Waals surface area (Å²) in [4.78, 5) is 8.60. The number of hydrogen-bond acceptors (Lipinski definition) is 6. The van der Waals surface area contributed by atoms with Gasteiger partial charge in [-0.2, -0.15) is 5.10 Å². The Bertz CT molecular complexity index is 1210. The minimum Gasteiger partial charge on any atom is -0.415 e. The zero-order valence-electron chi connectivity index (χ0n) is 14.2. The molecule has 5 aromatic rings. The van der Waals surface area contributed by atoms with E-state index in [1.807, 2.05) is 60.7 Å². The van der Waals surface area contributed by atoms with Crippen LogP contribution in [0.4, 0.5) is 0 Å². The van der Waals surface area contributed by atoms with Crippen LogP contribution in [0.25, 0.3) is 33.9 Å². The number of pyridine rings is 1. The molecule has 0 atom stereocenters. The van der Waals surface area contributed by atoms with E-state index in [1.54, 1.807) is 11.0 Å². The Labute approximate surface area is 154 Å². The molecule has 7 nitrogen and oxygen atoms in total. The summed E-state index contributed by atoms with van der Waals surface area (Å²) >= 11 is 0. The van der Waals surface area contributed by atoms with Crippen LogP contribution >= 0.6 is 0 Å². The number of benzene rings is 2. The molecule has 0 bridgehead atoms. The normalized spacial score (nSPS) is 11.1. The van der Waals surface area contributed by atoms with Crippen molar-refractivity contribution < 1.29 is 4.42 Å². The number of aromatic nitrogens is 6. The number of hydrogen-bond donors (Lipinski definition) is 0. The van der Waals surface area contributed by atoms with Crippen molar-refractivity contribution in [3.8, 4) is 23.0 Å². The molecule has 5 rings (SSSR count). The van der Waals surface area contributed by atoms with Gasteiger partial charge in [-0.3, -0.25) is 0 Å². The van der Waals surface area contributed by atoms with Crippen LogP contribution in [0.15, 0.2) is 77.7 Å². The lowest BCUT2D eigenvalue weighted by Gasteiger charge is -2.05. The van der Waals surface area contributed by atoms with E-state index in [0.717, 1.165) is 22.0 Å². The van der Waals surface area contributed by atoms with E-state index in [-0.39, 0.29) is 0 Å². The lowest BCUT2D eigenvalue weighted by atomic mass is 10.1. The lowest BCUT2D eigenvalue weighted by Crippen LogP contribution is -2.01. The van der Waals surface area contributed by atoms with Crippen LogP contribution in [0.2, 0.25) is 0 Å². The molecule has 3 heterocycles. The van der Waals surface area contributed by atoms with E-state index >= 15 is 0 Å². The van der Waals surface area contributed by atoms with Gasteiger partial charge in [-0.15, -0.1) is 10.2 Å². The molecule has 0 saturated carbocycles. The lowest BCUT2D eigenvalue weighted by molar-refractivity contribution is 0.580. The van der Waals surface area contributed by atoms with E-state index in [9.17, 15) is 0 Å². The average molecular weight is 354 g/mol. The first kappa shape index (κ1) is 15.4. The fourth-order valence-corrected chi connectivity index (χ4v) is 2.98. The van der Waals surface area contributed by atoms with Crippen molar-refractivity contribution >= 4 is 10.9 Å². The second kappa shape index (κ2) is 6.45. The average Bonchev–Trinajstić information content (AvgIpc) is 3.40. The molecule has 3 aromatic heterocycles. The van der Waals surface area contributed by atoms with Crippen molar-refractivity contribution in [3.63, 3.8) is 0 Å². The van der Waals surface area contributed by atoms with Gasteiger partial charge in [0.25, 0.3) is 5.89 Å². The van der Waals surface area contributed by atoms with E-state index in [1.165, 1.54) is 6.33 Å². The highest BCUT2D eigenvalue weighted by Gasteiger charge is 2.15. The van der Waals surface area contributed by atoms with E-state index in [0.29, 0.717) is 24.0 Å². The molecular weight excluding hydrogens is 340 g/mol. The Kier molecular flexibility index (Phi) is 3.68. The molecule has 2 aromatic carbocycles. The number of fused-ring (bicyclic) bond motifs is 1. The minimum absolute atomic E-state index is 0.395. The SMILES string of the molecule is c1ccc(-c2nnc(-c3ccc4ccccc4n3)o2)c(Cn2cncn2)c1. The summed E-state index contributed by atoms with van der Waals surface area (Å²) in [5.74, 6) is 0.849. The molecule has 0 radical (unpaired) electrons. The third-order valence-electron chi connectivity index (χ3n) is 4.29. The summed E-state index contributed by atoms with van der Waals surface area (Å²) in [5, 5.41) is 13.7. The van der Waals surface area contributed by atoms with Crippen molar-refractivity contribution in [2.75, 3.05) is 0 Å². The van der Waals surface area contributed by atoms with E-state index in [2.05, 4.69) is 25.3 Å². The van der Waals surface area contributed by atoms with Gasteiger partial charge >= 0.3 is 0 Å². The summed E-state index contributed by atoms with van der Waals surface area (Å²) in [6.07, 6.45) is 3.19. The van der Waals surface area contributed by atoms with Gasteiger partial charge in [0.05, 0.1) is 12.1 Å². The van der Waals surface area contributed by atoms with Crippen LogP contribution in [0.3, 0.4) is 0 Å². The van der Waals surface area contributed by atoms with Crippen LogP contribution < -0.4 is 0 Å². The molecule has 0 aliphatic carbocycles. The van der Waals surface area contributed by atoms with Gasteiger partial charge in [-0.25, -0.2) is 14.6 Å². The largest absolute Gasteiger partial charge is 0.415 e. The van der Waals surface area contributed by atoms with Crippen LogP contribution in [0.1, 0.15) is 5.56 Å². The zero-order chi connectivity index (χ0) is 18.1. The summed E-state index contributed by atoms with van der Waals surface area (Å²) in [5.41, 5.74) is 3.43. The van der Waals surface area contributed by atoms with Crippen LogP contribution in [-0.2, 0) is 6.54 Å². The second-order valence-corrected chi connectivity index (χ2v) is 6.05. The number of rotatable bonds is 4. The summed E-state index contributed by atoms with van der Waals surface area (Å²) < 4.78 is 7.69. The Morgan fingerprint density at radius 2 is 1.70 bits per heavy atom. The van der Waals surface area contributed by atoms with E-state index < -0.39 is 0 Å². The first-order chi connectivity index (χ1) is 13.4. The first-order valence-corrected chi connectivity index (χ1v) is 8.47. The zero-order valence-corrected chi connectivity index (χ0v) is 14.2. The highest BCUT2D eigenvalue weighted by atomic mass is 16.4. The van der Waals surface area contributed by atoms with Gasteiger partial charge in [0, 0.05) is 10.9 Å². The fraction of sp³-hybridized carbons (Fsp3) is 0.0500. The molecule has 27 heavy (non-hydrogen) atoms. The maximum Gasteiger partial charge on any atom is 0.266 e. The molecule has 0 spiro atoms. The Balaban J connectivity index is 1.52. The monoisotopic (exact) mass is 354 g/mol. The molecule has 130 valence electrons. The predicted octanol–water partition coefficient (Wildman–Crippen LogP) is 3.59. The molecule has 0 fully saturated rings. The van der Waals surface area contributed by atoms with Crippen molar-refractivity contribution in [1.29, 1.82) is 0 Å². The first-order valence-electron chi connectivity index (χ1n) is 8.47. The Hall–Kier alpha value is -3.87. The highest BCUT2D eigenvalue weighted by Crippen LogP contribution is 2.27. The molecule has 0 N–H and O–H groups in total. The fourth-order valence-electron chi connectivity index (χ4n) is 2.98. The van der Waals surface area contributed by atoms with E-state index in [4.69, 9.17) is 4.42 Å².